The predicted octanol–water partition coefficient (Wildman–Crippen LogP) is 0.505. The standard InChI is InChI=1S/C15H28O5/c1-10(2)5-7-13(18)15(4,20)14(19)8-6-11(3)12(17)9-16/h5-6,12-14,16-20H,7-9H2,1-4H3/b11-6-/t12-,13+,14+,15-/m1/s1. The highest BCUT2D eigenvalue weighted by Crippen LogP contribution is 2.22. The third-order valence-corrected chi connectivity index (χ3v) is 3.46. The van der Waals surface area contributed by atoms with Gasteiger partial charge in [-0.1, -0.05) is 17.7 Å². The zero-order chi connectivity index (χ0) is 15.9. The van der Waals surface area contributed by atoms with Crippen molar-refractivity contribution in [2.24, 2.45) is 0 Å². The third kappa shape index (κ3) is 6.15. The molecular formula is C15H28O5. The largest absolute Gasteiger partial charge is 0.393 e. The summed E-state index contributed by atoms with van der Waals surface area (Å²) in [5.41, 5.74) is -0.107. The van der Waals surface area contributed by atoms with Crippen LogP contribution < -0.4 is 0 Å². The van der Waals surface area contributed by atoms with Crippen LogP contribution in [-0.4, -0.2) is 56.1 Å². The Morgan fingerprint density at radius 2 is 1.45 bits per heavy atom. The normalized spacial score (nSPS) is 19.9. The molecule has 0 aliphatic carbocycles. The molecule has 0 aromatic carbocycles. The summed E-state index contributed by atoms with van der Waals surface area (Å²) in [6.07, 6.45) is 0.474. The molecule has 0 fully saturated rings. The molecule has 5 heteroatoms. The number of hydrogen-bond acceptors (Lipinski definition) is 5. The Kier molecular flexibility index (Phi) is 8.23. The SMILES string of the molecule is CC(C)=CC[C@H](O)[C@@](C)(O)[C@@H](O)C/C=C(/C)[C@H](O)CO. The van der Waals surface area contributed by atoms with Gasteiger partial charge in [-0.2, -0.15) is 0 Å². The maximum Gasteiger partial charge on any atom is 0.114 e. The zero-order valence-electron chi connectivity index (χ0n) is 12.7. The maximum absolute atomic E-state index is 10.2. The quantitative estimate of drug-likeness (QED) is 0.419. The van der Waals surface area contributed by atoms with Gasteiger partial charge in [-0.3, -0.25) is 0 Å². The number of allylic oxidation sites excluding steroid dienone is 1. The third-order valence-electron chi connectivity index (χ3n) is 3.46. The highest BCUT2D eigenvalue weighted by Gasteiger charge is 2.36. The van der Waals surface area contributed by atoms with Crippen molar-refractivity contribution in [2.45, 2.75) is 64.4 Å². The van der Waals surface area contributed by atoms with Gasteiger partial charge < -0.3 is 25.5 Å². The average Bonchev–Trinajstić information content (AvgIpc) is 2.40. The molecule has 5 nitrogen and oxygen atoms in total. The van der Waals surface area contributed by atoms with Crippen molar-refractivity contribution >= 4 is 0 Å². The van der Waals surface area contributed by atoms with E-state index in [1.807, 2.05) is 13.8 Å². The minimum Gasteiger partial charge on any atom is -0.393 e. The van der Waals surface area contributed by atoms with Gasteiger partial charge in [0.1, 0.15) is 5.60 Å². The van der Waals surface area contributed by atoms with Gasteiger partial charge in [0, 0.05) is 0 Å². The fraction of sp³-hybridized carbons (Fsp3) is 0.733. The second-order valence-corrected chi connectivity index (χ2v) is 5.66. The molecule has 0 rings (SSSR count). The summed E-state index contributed by atoms with van der Waals surface area (Å²) in [5, 5.41) is 48.3. The van der Waals surface area contributed by atoms with E-state index in [2.05, 4.69) is 0 Å². The summed E-state index contributed by atoms with van der Waals surface area (Å²) >= 11 is 0. The van der Waals surface area contributed by atoms with Gasteiger partial charge >= 0.3 is 0 Å². The summed E-state index contributed by atoms with van der Waals surface area (Å²) in [7, 11) is 0. The van der Waals surface area contributed by atoms with Crippen molar-refractivity contribution in [1.82, 2.24) is 0 Å². The Morgan fingerprint density at radius 1 is 1.00 bits per heavy atom. The topological polar surface area (TPSA) is 101 Å². The molecule has 20 heavy (non-hydrogen) atoms. The van der Waals surface area contributed by atoms with E-state index in [0.29, 0.717) is 5.57 Å². The lowest BCUT2D eigenvalue weighted by molar-refractivity contribution is -0.131. The summed E-state index contributed by atoms with van der Waals surface area (Å²) in [6.45, 7) is 6.40. The van der Waals surface area contributed by atoms with Gasteiger partial charge in [-0.25, -0.2) is 0 Å². The molecule has 118 valence electrons. The van der Waals surface area contributed by atoms with Crippen LogP contribution >= 0.6 is 0 Å². The fourth-order valence-electron chi connectivity index (χ4n) is 1.62. The Hall–Kier alpha value is -0.720. The number of aliphatic hydroxyl groups is 5. The van der Waals surface area contributed by atoms with Gasteiger partial charge in [-0.05, 0) is 46.1 Å². The van der Waals surface area contributed by atoms with Gasteiger partial charge in [0.15, 0.2) is 0 Å². The van der Waals surface area contributed by atoms with Crippen molar-refractivity contribution in [1.29, 1.82) is 0 Å². The molecule has 0 aromatic rings. The second-order valence-electron chi connectivity index (χ2n) is 5.66. The molecule has 0 aliphatic rings. The molecule has 0 aliphatic heterocycles. The highest BCUT2D eigenvalue weighted by atomic mass is 16.4. The summed E-state index contributed by atoms with van der Waals surface area (Å²) in [5.74, 6) is 0. The lowest BCUT2D eigenvalue weighted by Gasteiger charge is -2.33. The molecule has 4 atom stereocenters. The number of aliphatic hydroxyl groups excluding tert-OH is 4. The van der Waals surface area contributed by atoms with Crippen LogP contribution in [0.15, 0.2) is 23.3 Å². The van der Waals surface area contributed by atoms with E-state index in [1.54, 1.807) is 19.1 Å². The van der Waals surface area contributed by atoms with Gasteiger partial charge in [0.05, 0.1) is 24.9 Å². The van der Waals surface area contributed by atoms with E-state index in [4.69, 9.17) is 5.11 Å². The molecule has 0 bridgehead atoms. The minimum absolute atomic E-state index is 0.0851. The van der Waals surface area contributed by atoms with Crippen LogP contribution in [0.1, 0.15) is 40.5 Å². The Bertz CT molecular complexity index is 342. The van der Waals surface area contributed by atoms with Crippen molar-refractivity contribution in [3.05, 3.63) is 23.3 Å². The second kappa shape index (κ2) is 8.54. The van der Waals surface area contributed by atoms with E-state index in [9.17, 15) is 20.4 Å². The van der Waals surface area contributed by atoms with E-state index in [1.165, 1.54) is 6.92 Å². The van der Waals surface area contributed by atoms with E-state index < -0.39 is 30.5 Å². The summed E-state index contributed by atoms with van der Waals surface area (Å²) < 4.78 is 0. The fourth-order valence-corrected chi connectivity index (χ4v) is 1.62. The smallest absolute Gasteiger partial charge is 0.114 e. The molecule has 0 amide bonds. The minimum atomic E-state index is -1.65. The Morgan fingerprint density at radius 3 is 1.85 bits per heavy atom. The lowest BCUT2D eigenvalue weighted by atomic mass is 9.87. The van der Waals surface area contributed by atoms with Crippen LogP contribution in [0.25, 0.3) is 0 Å². The molecule has 0 unspecified atom stereocenters. The van der Waals surface area contributed by atoms with Crippen molar-refractivity contribution in [3.8, 4) is 0 Å². The molecule has 0 saturated carbocycles. The Balaban J connectivity index is 4.65. The van der Waals surface area contributed by atoms with E-state index in [0.717, 1.165) is 5.57 Å². The molecule has 0 saturated heterocycles. The van der Waals surface area contributed by atoms with Crippen LogP contribution in [0.2, 0.25) is 0 Å². The van der Waals surface area contributed by atoms with Crippen molar-refractivity contribution < 1.29 is 25.5 Å². The Labute approximate surface area is 120 Å². The molecule has 0 radical (unpaired) electrons. The molecule has 5 N–H and O–H groups in total. The first kappa shape index (κ1) is 19.3. The van der Waals surface area contributed by atoms with Gasteiger partial charge in [-0.15, -0.1) is 0 Å². The predicted molar refractivity (Wildman–Crippen MR) is 78.2 cm³/mol. The summed E-state index contributed by atoms with van der Waals surface area (Å²) in [6, 6.07) is 0. The van der Waals surface area contributed by atoms with Crippen LogP contribution in [0.3, 0.4) is 0 Å². The number of rotatable bonds is 8. The van der Waals surface area contributed by atoms with E-state index in [-0.39, 0.29) is 12.8 Å². The number of hydrogen-bond donors (Lipinski definition) is 5. The van der Waals surface area contributed by atoms with Gasteiger partial charge in [0.2, 0.25) is 0 Å². The van der Waals surface area contributed by atoms with Crippen LogP contribution in [0.5, 0.6) is 0 Å². The van der Waals surface area contributed by atoms with Crippen LogP contribution in [0.4, 0.5) is 0 Å². The first-order chi connectivity index (χ1) is 9.12. The van der Waals surface area contributed by atoms with Crippen LogP contribution in [-0.2, 0) is 0 Å². The first-order valence-corrected chi connectivity index (χ1v) is 6.80. The average molecular weight is 288 g/mol. The molecule has 0 spiro atoms. The highest BCUT2D eigenvalue weighted by molar-refractivity contribution is 5.07. The zero-order valence-corrected chi connectivity index (χ0v) is 12.7. The summed E-state index contributed by atoms with van der Waals surface area (Å²) in [4.78, 5) is 0. The van der Waals surface area contributed by atoms with Gasteiger partial charge in [0.25, 0.3) is 0 Å². The molecular weight excluding hydrogens is 260 g/mol. The lowest BCUT2D eigenvalue weighted by Crippen LogP contribution is -2.49. The van der Waals surface area contributed by atoms with Crippen molar-refractivity contribution in [3.63, 3.8) is 0 Å². The first-order valence-electron chi connectivity index (χ1n) is 6.80. The van der Waals surface area contributed by atoms with E-state index >= 15 is 0 Å². The molecule has 0 aromatic heterocycles. The van der Waals surface area contributed by atoms with Crippen molar-refractivity contribution in [2.75, 3.05) is 6.61 Å². The monoisotopic (exact) mass is 288 g/mol. The molecule has 0 heterocycles. The maximum atomic E-state index is 10.2. The van der Waals surface area contributed by atoms with Crippen LogP contribution in [0, 0.1) is 0 Å².